The van der Waals surface area contributed by atoms with Crippen LogP contribution in [0, 0.1) is 0 Å². The van der Waals surface area contributed by atoms with Crippen molar-refractivity contribution in [1.82, 2.24) is 4.98 Å². The van der Waals surface area contributed by atoms with Gasteiger partial charge in [0, 0.05) is 29.3 Å². The molecular weight excluding hydrogens is 248 g/mol. The Morgan fingerprint density at radius 3 is 2.72 bits per heavy atom. The van der Waals surface area contributed by atoms with Crippen molar-refractivity contribution in [2.45, 2.75) is 13.2 Å². The number of nitrogens with one attached hydrogen (secondary N) is 1. The molecule has 0 saturated heterocycles. The van der Waals surface area contributed by atoms with E-state index in [0.717, 1.165) is 34.1 Å². The second-order valence-corrected chi connectivity index (χ2v) is 4.71. The largest absolute Gasteiger partial charge is 0.392 e. The highest BCUT2D eigenvalue weighted by atomic mass is 35.5. The van der Waals surface area contributed by atoms with Crippen LogP contribution in [0.4, 0.5) is 5.69 Å². The zero-order valence-corrected chi connectivity index (χ0v) is 10.5. The molecule has 0 unspecified atom stereocenters. The predicted octanol–water partition coefficient (Wildman–Crippen LogP) is 3.06. The van der Waals surface area contributed by atoms with Crippen LogP contribution in [0.25, 0.3) is 5.03 Å². The van der Waals surface area contributed by atoms with Crippen LogP contribution in [0.15, 0.2) is 42.7 Å². The third kappa shape index (κ3) is 1.92. The smallest absolute Gasteiger partial charge is 0.0681 e. The predicted molar refractivity (Wildman–Crippen MR) is 73.2 cm³/mol. The lowest BCUT2D eigenvalue weighted by Gasteiger charge is -2.25. The third-order valence-electron chi connectivity index (χ3n) is 3.14. The maximum atomic E-state index is 9.03. The van der Waals surface area contributed by atoms with Gasteiger partial charge in [-0.3, -0.25) is 0 Å². The Morgan fingerprint density at radius 1 is 1.22 bits per heavy atom. The fraction of sp³-hybridized carbons (Fsp3) is 0.143. The summed E-state index contributed by atoms with van der Waals surface area (Å²) in [5.41, 5.74) is 4.16. The van der Waals surface area contributed by atoms with Crippen LogP contribution in [-0.4, -0.2) is 10.1 Å². The van der Waals surface area contributed by atoms with Crippen molar-refractivity contribution in [2.24, 2.45) is 0 Å². The number of H-pyrrole nitrogens is 1. The van der Waals surface area contributed by atoms with Gasteiger partial charge in [0.2, 0.25) is 0 Å². The molecule has 0 fully saturated rings. The fourth-order valence-corrected chi connectivity index (χ4v) is 2.43. The molecule has 4 heteroatoms. The lowest BCUT2D eigenvalue weighted by molar-refractivity contribution is 0.282. The van der Waals surface area contributed by atoms with Gasteiger partial charge in [0.25, 0.3) is 0 Å². The number of fused-ring (bicyclic) bond motifs is 1. The molecular formula is C14H13ClN2O. The summed E-state index contributed by atoms with van der Waals surface area (Å²) in [5, 5.41) is 9.77. The molecule has 2 N–H and O–H groups in total. The monoisotopic (exact) mass is 260 g/mol. The standard InChI is InChI=1S/C14H13ClN2O/c15-13-7-17(8-14-12(13)5-6-16-14)11-3-1-10(9-18)2-4-11/h1-7,16,18H,8-9H2. The number of aliphatic hydroxyl groups excluding tert-OH is 1. The Morgan fingerprint density at radius 2 is 2.00 bits per heavy atom. The van der Waals surface area contributed by atoms with Gasteiger partial charge < -0.3 is 15.0 Å². The van der Waals surface area contributed by atoms with Crippen LogP contribution in [0.2, 0.25) is 0 Å². The number of halogens is 1. The molecule has 3 nitrogen and oxygen atoms in total. The normalized spacial score (nSPS) is 14.3. The van der Waals surface area contributed by atoms with Crippen LogP contribution < -0.4 is 4.90 Å². The summed E-state index contributed by atoms with van der Waals surface area (Å²) in [7, 11) is 0. The van der Waals surface area contributed by atoms with Gasteiger partial charge in [0.15, 0.2) is 0 Å². The zero-order chi connectivity index (χ0) is 12.5. The minimum absolute atomic E-state index is 0.0671. The van der Waals surface area contributed by atoms with E-state index >= 15 is 0 Å². The molecule has 3 rings (SSSR count). The van der Waals surface area contributed by atoms with Gasteiger partial charge in [-0.05, 0) is 23.8 Å². The molecule has 2 aromatic rings. The topological polar surface area (TPSA) is 39.3 Å². The van der Waals surface area contributed by atoms with Crippen molar-refractivity contribution in [1.29, 1.82) is 0 Å². The van der Waals surface area contributed by atoms with Gasteiger partial charge in [0.1, 0.15) is 0 Å². The Balaban J connectivity index is 1.92. The Bertz CT molecular complexity index is 586. The van der Waals surface area contributed by atoms with Crippen molar-refractivity contribution >= 4 is 22.3 Å². The molecule has 1 aromatic heterocycles. The van der Waals surface area contributed by atoms with Crippen LogP contribution in [0.3, 0.4) is 0 Å². The van der Waals surface area contributed by atoms with Gasteiger partial charge in [-0.1, -0.05) is 23.7 Å². The van der Waals surface area contributed by atoms with Crippen molar-refractivity contribution in [3.63, 3.8) is 0 Å². The quantitative estimate of drug-likeness (QED) is 0.871. The SMILES string of the molecule is OCc1ccc(N2C=C(Cl)c3cc[nH]c3C2)cc1. The van der Waals surface area contributed by atoms with E-state index in [-0.39, 0.29) is 6.61 Å². The van der Waals surface area contributed by atoms with Crippen molar-refractivity contribution < 1.29 is 5.11 Å². The molecule has 0 atom stereocenters. The maximum Gasteiger partial charge on any atom is 0.0681 e. The lowest BCUT2D eigenvalue weighted by atomic mass is 10.1. The number of aromatic amines is 1. The van der Waals surface area contributed by atoms with Gasteiger partial charge in [-0.15, -0.1) is 0 Å². The van der Waals surface area contributed by atoms with E-state index < -0.39 is 0 Å². The number of hydrogen-bond donors (Lipinski definition) is 2. The van der Waals surface area contributed by atoms with Crippen LogP contribution in [-0.2, 0) is 13.2 Å². The van der Waals surface area contributed by atoms with Crippen LogP contribution >= 0.6 is 11.6 Å². The van der Waals surface area contributed by atoms with E-state index in [1.807, 2.05) is 42.7 Å². The molecule has 0 spiro atoms. The molecule has 0 amide bonds. The van der Waals surface area contributed by atoms with E-state index in [2.05, 4.69) is 9.88 Å². The average Bonchev–Trinajstić information content (AvgIpc) is 2.88. The third-order valence-corrected chi connectivity index (χ3v) is 3.44. The van der Waals surface area contributed by atoms with Crippen molar-refractivity contribution in [3.8, 4) is 0 Å². The number of anilines is 1. The molecule has 1 aliphatic rings. The molecule has 0 bridgehead atoms. The second-order valence-electron chi connectivity index (χ2n) is 4.30. The summed E-state index contributed by atoms with van der Waals surface area (Å²) in [6.45, 7) is 0.842. The number of nitrogens with zero attached hydrogens (tertiary/aromatic N) is 1. The van der Waals surface area contributed by atoms with E-state index in [4.69, 9.17) is 16.7 Å². The second kappa shape index (κ2) is 4.52. The van der Waals surface area contributed by atoms with Crippen molar-refractivity contribution in [2.75, 3.05) is 4.90 Å². The summed E-state index contributed by atoms with van der Waals surface area (Å²) < 4.78 is 0. The highest BCUT2D eigenvalue weighted by Gasteiger charge is 2.17. The van der Waals surface area contributed by atoms with E-state index in [1.165, 1.54) is 0 Å². The number of benzene rings is 1. The summed E-state index contributed by atoms with van der Waals surface area (Å²) in [4.78, 5) is 5.29. The highest BCUT2D eigenvalue weighted by Crippen LogP contribution is 2.31. The Kier molecular flexibility index (Phi) is 2.86. The Hall–Kier alpha value is -1.71. The van der Waals surface area contributed by atoms with E-state index in [9.17, 15) is 0 Å². The maximum absolute atomic E-state index is 9.03. The minimum Gasteiger partial charge on any atom is -0.392 e. The molecule has 2 heterocycles. The minimum atomic E-state index is 0.0671. The molecule has 0 radical (unpaired) electrons. The fourth-order valence-electron chi connectivity index (χ4n) is 2.14. The van der Waals surface area contributed by atoms with E-state index in [1.54, 1.807) is 0 Å². The number of rotatable bonds is 2. The first-order valence-electron chi connectivity index (χ1n) is 5.78. The number of aromatic nitrogens is 1. The first-order chi connectivity index (χ1) is 8.78. The summed E-state index contributed by atoms with van der Waals surface area (Å²) >= 11 is 6.25. The summed E-state index contributed by atoms with van der Waals surface area (Å²) in [6.07, 6.45) is 3.84. The van der Waals surface area contributed by atoms with Crippen molar-refractivity contribution in [3.05, 3.63) is 59.5 Å². The Labute approximate surface area is 110 Å². The van der Waals surface area contributed by atoms with Gasteiger partial charge in [-0.25, -0.2) is 0 Å². The average molecular weight is 261 g/mol. The summed E-state index contributed by atoms with van der Waals surface area (Å²) in [6, 6.07) is 9.79. The highest BCUT2D eigenvalue weighted by molar-refractivity contribution is 6.49. The number of hydrogen-bond acceptors (Lipinski definition) is 2. The van der Waals surface area contributed by atoms with Crippen LogP contribution in [0.1, 0.15) is 16.8 Å². The number of aliphatic hydroxyl groups is 1. The van der Waals surface area contributed by atoms with Gasteiger partial charge >= 0.3 is 0 Å². The molecule has 18 heavy (non-hydrogen) atoms. The molecule has 0 saturated carbocycles. The van der Waals surface area contributed by atoms with Gasteiger partial charge in [0.05, 0.1) is 18.2 Å². The lowest BCUT2D eigenvalue weighted by Crippen LogP contribution is -2.20. The molecule has 1 aromatic carbocycles. The summed E-state index contributed by atoms with van der Waals surface area (Å²) in [5.74, 6) is 0. The first-order valence-corrected chi connectivity index (χ1v) is 6.16. The van der Waals surface area contributed by atoms with Crippen LogP contribution in [0.5, 0.6) is 0 Å². The molecule has 0 aliphatic carbocycles. The molecule has 92 valence electrons. The van der Waals surface area contributed by atoms with Gasteiger partial charge in [-0.2, -0.15) is 0 Å². The molecule has 1 aliphatic heterocycles. The van der Waals surface area contributed by atoms with E-state index in [0.29, 0.717) is 0 Å². The first kappa shape index (κ1) is 11.4. The zero-order valence-electron chi connectivity index (χ0n) is 9.73.